The molecule has 1 unspecified atom stereocenters. The fourth-order valence-corrected chi connectivity index (χ4v) is 2.95. The first-order valence-electron chi connectivity index (χ1n) is 8.08. The lowest BCUT2D eigenvalue weighted by Gasteiger charge is -2.45. The van der Waals surface area contributed by atoms with Crippen molar-refractivity contribution < 1.29 is 27.4 Å². The van der Waals surface area contributed by atoms with Gasteiger partial charge in [0.25, 0.3) is 5.72 Å². The Morgan fingerprint density at radius 2 is 1.96 bits per heavy atom. The number of carbonyl (C=O) groups is 1. The molecule has 0 aliphatic carbocycles. The van der Waals surface area contributed by atoms with Crippen LogP contribution in [0.5, 0.6) is 5.75 Å². The number of nitrogens with zero attached hydrogens (tertiary/aromatic N) is 1. The molecule has 0 amide bonds. The molecular weight excluding hydrogens is 335 g/mol. The number of carbonyl (C=O) groups excluding carboxylic acids is 1. The Bertz CT molecular complexity index is 670. The maximum atomic E-state index is 14.2. The number of hydrogen-bond donors (Lipinski definition) is 0. The third kappa shape index (κ3) is 3.51. The van der Waals surface area contributed by atoms with Gasteiger partial charge in [0.05, 0.1) is 6.61 Å². The highest BCUT2D eigenvalue weighted by Gasteiger charge is 2.66. The summed E-state index contributed by atoms with van der Waals surface area (Å²) in [6.07, 6.45) is -3.64. The van der Waals surface area contributed by atoms with Crippen molar-refractivity contribution >= 4 is 12.0 Å². The summed E-state index contributed by atoms with van der Waals surface area (Å²) < 4.78 is 53.0. The highest BCUT2D eigenvalue weighted by Crippen LogP contribution is 2.47. The predicted molar refractivity (Wildman–Crippen MR) is 87.9 cm³/mol. The highest BCUT2D eigenvalue weighted by molar-refractivity contribution is 5.97. The van der Waals surface area contributed by atoms with Crippen LogP contribution in [0, 0.1) is 5.92 Å². The molecule has 0 saturated heterocycles. The van der Waals surface area contributed by atoms with Crippen LogP contribution in [0.1, 0.15) is 26.3 Å². The molecule has 0 bridgehead atoms. The number of para-hydroxylation sites is 1. The molecule has 0 radical (unpaired) electrons. The van der Waals surface area contributed by atoms with E-state index in [1.54, 1.807) is 39.0 Å². The fraction of sp³-hybridized carbons (Fsp3) is 0.500. The van der Waals surface area contributed by atoms with Crippen LogP contribution < -0.4 is 4.74 Å². The lowest BCUT2D eigenvalue weighted by Crippen LogP contribution is -2.65. The molecule has 1 aliphatic heterocycles. The normalized spacial score (nSPS) is 20.1. The number of halogens is 3. The van der Waals surface area contributed by atoms with Gasteiger partial charge < -0.3 is 9.47 Å². The minimum atomic E-state index is -4.84. The van der Waals surface area contributed by atoms with Crippen molar-refractivity contribution in [2.45, 2.75) is 32.7 Å². The van der Waals surface area contributed by atoms with E-state index in [1.807, 2.05) is 0 Å². The van der Waals surface area contributed by atoms with E-state index in [9.17, 15) is 18.0 Å². The first kappa shape index (κ1) is 19.3. The van der Waals surface area contributed by atoms with E-state index in [-0.39, 0.29) is 24.8 Å². The lowest BCUT2D eigenvalue weighted by atomic mass is 9.93. The van der Waals surface area contributed by atoms with Crippen LogP contribution in [0.15, 0.2) is 29.8 Å². The molecule has 138 valence electrons. The number of benzene rings is 1. The van der Waals surface area contributed by atoms with E-state index in [1.165, 1.54) is 19.2 Å². The molecule has 0 saturated carbocycles. The van der Waals surface area contributed by atoms with E-state index in [0.717, 1.165) is 4.90 Å². The van der Waals surface area contributed by atoms with Gasteiger partial charge in [-0.1, -0.05) is 32.0 Å². The number of likely N-dealkylation sites (N-methyl/N-ethyl adjacent to an activating group) is 1. The van der Waals surface area contributed by atoms with Crippen molar-refractivity contribution in [1.29, 1.82) is 0 Å². The van der Waals surface area contributed by atoms with Crippen LogP contribution in [0.2, 0.25) is 0 Å². The fourth-order valence-electron chi connectivity index (χ4n) is 2.95. The summed E-state index contributed by atoms with van der Waals surface area (Å²) in [6.45, 7) is 5.19. The molecule has 0 spiro atoms. The molecule has 4 nitrogen and oxygen atoms in total. The zero-order valence-electron chi connectivity index (χ0n) is 14.7. The molecule has 1 aromatic rings. The van der Waals surface area contributed by atoms with Gasteiger partial charge in [0, 0.05) is 12.1 Å². The third-order valence-electron chi connectivity index (χ3n) is 3.90. The van der Waals surface area contributed by atoms with E-state index in [2.05, 4.69) is 0 Å². The quantitative estimate of drug-likeness (QED) is 0.750. The van der Waals surface area contributed by atoms with Gasteiger partial charge in [0.2, 0.25) is 0 Å². The topological polar surface area (TPSA) is 38.8 Å². The van der Waals surface area contributed by atoms with E-state index < -0.39 is 23.4 Å². The summed E-state index contributed by atoms with van der Waals surface area (Å²) in [5.41, 5.74) is -3.05. The Hall–Kier alpha value is -2.02. The van der Waals surface area contributed by atoms with Crippen LogP contribution >= 0.6 is 0 Å². The molecule has 7 heteroatoms. The number of rotatable bonds is 5. The molecule has 0 aromatic heterocycles. The summed E-state index contributed by atoms with van der Waals surface area (Å²) in [7, 11) is 1.30. The number of ether oxygens (including phenoxy) is 2. The first-order chi connectivity index (χ1) is 11.6. The lowest BCUT2D eigenvalue weighted by molar-refractivity contribution is -0.284. The molecule has 1 atom stereocenters. The molecular formula is C18H22F3NO3. The largest absolute Gasteiger partial charge is 0.462 e. The number of fused-ring (bicyclic) bond motifs is 1. The zero-order valence-corrected chi connectivity index (χ0v) is 14.7. The zero-order chi connectivity index (χ0) is 18.8. The average Bonchev–Trinajstić information content (AvgIpc) is 2.51. The van der Waals surface area contributed by atoms with Crippen LogP contribution in [0.4, 0.5) is 13.2 Å². The second-order valence-corrected chi connectivity index (χ2v) is 6.33. The van der Waals surface area contributed by atoms with Crippen molar-refractivity contribution in [2.75, 3.05) is 20.2 Å². The van der Waals surface area contributed by atoms with Crippen molar-refractivity contribution in [1.82, 2.24) is 4.90 Å². The monoisotopic (exact) mass is 357 g/mol. The van der Waals surface area contributed by atoms with E-state index in [4.69, 9.17) is 9.47 Å². The van der Waals surface area contributed by atoms with Gasteiger partial charge in [0.15, 0.2) is 0 Å². The molecule has 0 fully saturated rings. The smallest absolute Gasteiger partial charge is 0.448 e. The molecule has 1 aromatic carbocycles. The van der Waals surface area contributed by atoms with Gasteiger partial charge in [-0.25, -0.2) is 4.79 Å². The Balaban J connectivity index is 2.68. The van der Waals surface area contributed by atoms with Gasteiger partial charge >= 0.3 is 12.1 Å². The molecule has 1 aliphatic rings. The van der Waals surface area contributed by atoms with Crippen LogP contribution in [0.25, 0.3) is 6.08 Å². The van der Waals surface area contributed by atoms with Crippen LogP contribution in [0.3, 0.4) is 0 Å². The first-order valence-corrected chi connectivity index (χ1v) is 8.08. The van der Waals surface area contributed by atoms with Gasteiger partial charge in [0.1, 0.15) is 11.3 Å². The minimum Gasteiger partial charge on any atom is -0.462 e. The van der Waals surface area contributed by atoms with Gasteiger partial charge in [-0.05, 0) is 32.0 Å². The van der Waals surface area contributed by atoms with Crippen molar-refractivity contribution in [2.24, 2.45) is 5.92 Å². The van der Waals surface area contributed by atoms with E-state index >= 15 is 0 Å². The second-order valence-electron chi connectivity index (χ2n) is 6.33. The van der Waals surface area contributed by atoms with Gasteiger partial charge in [-0.15, -0.1) is 0 Å². The highest BCUT2D eigenvalue weighted by atomic mass is 19.4. The summed E-state index contributed by atoms with van der Waals surface area (Å²) in [5.74, 6) is -1.03. The predicted octanol–water partition coefficient (Wildman–Crippen LogP) is 3.87. The molecule has 1 heterocycles. The molecule has 2 rings (SSSR count). The van der Waals surface area contributed by atoms with Crippen molar-refractivity contribution in [3.8, 4) is 5.75 Å². The molecule has 25 heavy (non-hydrogen) atoms. The molecule has 0 N–H and O–H groups in total. The minimum absolute atomic E-state index is 0.0281. The van der Waals surface area contributed by atoms with Crippen molar-refractivity contribution in [3.63, 3.8) is 0 Å². The number of hydrogen-bond acceptors (Lipinski definition) is 4. The maximum Gasteiger partial charge on any atom is 0.448 e. The Morgan fingerprint density at radius 1 is 1.32 bits per heavy atom. The van der Waals surface area contributed by atoms with Crippen LogP contribution in [-0.2, 0) is 9.53 Å². The Kier molecular flexibility index (Phi) is 5.46. The second kappa shape index (κ2) is 7.07. The summed E-state index contributed by atoms with van der Waals surface area (Å²) in [6, 6.07) is 6.31. The number of alkyl halides is 3. The van der Waals surface area contributed by atoms with Crippen LogP contribution in [-0.4, -0.2) is 43.0 Å². The van der Waals surface area contributed by atoms with Crippen molar-refractivity contribution in [3.05, 3.63) is 35.4 Å². The summed E-state index contributed by atoms with van der Waals surface area (Å²) >= 11 is 0. The Labute approximate surface area is 145 Å². The van der Waals surface area contributed by atoms with Gasteiger partial charge in [-0.2, -0.15) is 13.2 Å². The third-order valence-corrected chi connectivity index (χ3v) is 3.90. The SMILES string of the molecule is CCOC(=O)C1=Cc2ccccc2OC1(N(C)CC(C)C)C(F)(F)F. The standard InChI is InChI=1S/C18H22F3NO3/c1-5-24-16(23)14-10-13-8-6-7-9-15(13)25-17(14,18(19,20)21)22(4)11-12(2)3/h6-10,12H,5,11H2,1-4H3. The number of esters is 1. The summed E-state index contributed by atoms with van der Waals surface area (Å²) in [5, 5.41) is 0. The Morgan fingerprint density at radius 3 is 2.52 bits per heavy atom. The maximum absolute atomic E-state index is 14.2. The average molecular weight is 357 g/mol. The van der Waals surface area contributed by atoms with Gasteiger partial charge in [-0.3, -0.25) is 4.90 Å². The van der Waals surface area contributed by atoms with E-state index in [0.29, 0.717) is 5.56 Å². The summed E-state index contributed by atoms with van der Waals surface area (Å²) in [4.78, 5) is 13.4.